The fraction of sp³-hybridized carbons (Fsp3) is 0.167. The number of amides is 1. The molecule has 0 aliphatic heterocycles. The zero-order valence-corrected chi connectivity index (χ0v) is 14.3. The van der Waals surface area contributed by atoms with Crippen LogP contribution in [0.1, 0.15) is 16.7 Å². The summed E-state index contributed by atoms with van der Waals surface area (Å²) in [5.74, 6) is -0.540. The van der Waals surface area contributed by atoms with Gasteiger partial charge < -0.3 is 9.73 Å². The minimum Gasteiger partial charge on any atom is -0.464 e. The number of aryl methyl sites for hydroxylation is 2. The van der Waals surface area contributed by atoms with Crippen molar-refractivity contribution in [3.63, 3.8) is 0 Å². The van der Waals surface area contributed by atoms with Crippen molar-refractivity contribution >= 4 is 38.5 Å². The van der Waals surface area contributed by atoms with E-state index in [1.54, 1.807) is 6.26 Å². The van der Waals surface area contributed by atoms with Crippen LogP contribution in [0.5, 0.6) is 0 Å². The van der Waals surface area contributed by atoms with E-state index in [2.05, 4.69) is 27.3 Å². The van der Waals surface area contributed by atoms with E-state index >= 15 is 0 Å². The van der Waals surface area contributed by atoms with Crippen LogP contribution >= 0.6 is 15.9 Å². The van der Waals surface area contributed by atoms with Crippen LogP contribution in [-0.2, 0) is 11.2 Å². The quantitative estimate of drug-likeness (QED) is 0.689. The maximum atomic E-state index is 13.1. The van der Waals surface area contributed by atoms with Gasteiger partial charge in [-0.2, -0.15) is 0 Å². The summed E-state index contributed by atoms with van der Waals surface area (Å²) in [4.78, 5) is 12.3. The number of hydrogen-bond donors (Lipinski definition) is 1. The summed E-state index contributed by atoms with van der Waals surface area (Å²) in [6.07, 6.45) is 1.82. The third-order valence-corrected chi connectivity index (χ3v) is 4.31. The summed E-state index contributed by atoms with van der Waals surface area (Å²) in [6, 6.07) is 8.17. The summed E-state index contributed by atoms with van der Waals surface area (Å²) in [5, 5.41) is 3.75. The Morgan fingerprint density at radius 1 is 1.26 bits per heavy atom. The Morgan fingerprint density at radius 2 is 2.04 bits per heavy atom. The molecule has 5 heteroatoms. The predicted molar refractivity (Wildman–Crippen MR) is 92.1 cm³/mol. The number of carbonyl (C=O) groups is 1. The first-order valence-corrected chi connectivity index (χ1v) is 7.95. The van der Waals surface area contributed by atoms with Gasteiger partial charge in [-0.25, -0.2) is 4.39 Å². The molecule has 0 bridgehead atoms. The highest BCUT2D eigenvalue weighted by Crippen LogP contribution is 2.27. The molecule has 0 aliphatic carbocycles. The topological polar surface area (TPSA) is 42.2 Å². The first-order chi connectivity index (χ1) is 10.9. The minimum absolute atomic E-state index is 0.181. The van der Waals surface area contributed by atoms with Crippen LogP contribution in [0.15, 0.2) is 45.5 Å². The largest absolute Gasteiger partial charge is 0.464 e. The van der Waals surface area contributed by atoms with Crippen molar-refractivity contribution in [1.82, 2.24) is 0 Å². The molecule has 118 valence electrons. The first kappa shape index (κ1) is 15.7. The van der Waals surface area contributed by atoms with Crippen molar-refractivity contribution in [2.75, 3.05) is 5.32 Å². The van der Waals surface area contributed by atoms with Gasteiger partial charge in [-0.1, -0.05) is 6.07 Å². The van der Waals surface area contributed by atoms with Crippen LogP contribution in [-0.4, -0.2) is 5.91 Å². The van der Waals surface area contributed by atoms with Crippen LogP contribution < -0.4 is 5.32 Å². The van der Waals surface area contributed by atoms with Crippen LogP contribution in [0, 0.1) is 19.7 Å². The van der Waals surface area contributed by atoms with Gasteiger partial charge in [0.2, 0.25) is 5.91 Å². The molecule has 0 fully saturated rings. The smallest absolute Gasteiger partial charge is 0.228 e. The molecule has 0 saturated carbocycles. The average Bonchev–Trinajstić information content (AvgIpc) is 2.85. The average molecular weight is 376 g/mol. The van der Waals surface area contributed by atoms with Crippen LogP contribution in [0.25, 0.3) is 11.0 Å². The molecule has 3 aromatic rings. The maximum Gasteiger partial charge on any atom is 0.228 e. The van der Waals surface area contributed by atoms with Crippen LogP contribution in [0.3, 0.4) is 0 Å². The Bertz CT molecular complexity index is 901. The molecular formula is C18H15BrFNO2. The van der Waals surface area contributed by atoms with Gasteiger partial charge in [0.25, 0.3) is 0 Å². The number of fused-ring (bicyclic) bond motifs is 1. The maximum absolute atomic E-state index is 13.1. The lowest BCUT2D eigenvalue weighted by Gasteiger charge is -2.07. The van der Waals surface area contributed by atoms with E-state index in [9.17, 15) is 9.18 Å². The fourth-order valence-corrected chi connectivity index (χ4v) is 3.16. The Balaban J connectivity index is 1.83. The van der Waals surface area contributed by atoms with E-state index in [0.717, 1.165) is 27.7 Å². The van der Waals surface area contributed by atoms with E-state index in [-0.39, 0.29) is 18.1 Å². The highest BCUT2D eigenvalue weighted by molar-refractivity contribution is 9.10. The number of hydrogen-bond acceptors (Lipinski definition) is 2. The number of rotatable bonds is 3. The Hall–Kier alpha value is -2.14. The van der Waals surface area contributed by atoms with Gasteiger partial charge in [-0.05, 0) is 65.2 Å². The Kier molecular flexibility index (Phi) is 4.22. The molecule has 1 heterocycles. The lowest BCUT2D eigenvalue weighted by Crippen LogP contribution is -2.14. The summed E-state index contributed by atoms with van der Waals surface area (Å²) < 4.78 is 19.2. The van der Waals surface area contributed by atoms with Crippen molar-refractivity contribution in [3.8, 4) is 0 Å². The second-order valence-electron chi connectivity index (χ2n) is 5.57. The zero-order chi connectivity index (χ0) is 16.6. The molecular weight excluding hydrogens is 361 g/mol. The SMILES string of the molecule is Cc1cc(C)c2c(CC(=O)Nc3ccc(F)cc3Br)coc2c1. The molecule has 0 radical (unpaired) electrons. The number of furan rings is 1. The van der Waals surface area contributed by atoms with Gasteiger partial charge >= 0.3 is 0 Å². The van der Waals surface area contributed by atoms with E-state index in [1.165, 1.54) is 18.2 Å². The molecule has 1 amide bonds. The standard InChI is InChI=1S/C18H15BrFNO2/c1-10-5-11(2)18-12(9-23-16(18)6-10)7-17(22)21-15-4-3-13(20)8-14(15)19/h3-6,8-9H,7H2,1-2H3,(H,21,22). The second-order valence-corrected chi connectivity index (χ2v) is 6.42. The first-order valence-electron chi connectivity index (χ1n) is 7.16. The molecule has 0 spiro atoms. The lowest BCUT2D eigenvalue weighted by molar-refractivity contribution is -0.115. The van der Waals surface area contributed by atoms with Crippen molar-refractivity contribution in [3.05, 3.63) is 63.6 Å². The van der Waals surface area contributed by atoms with E-state index < -0.39 is 0 Å². The van der Waals surface area contributed by atoms with E-state index in [4.69, 9.17) is 4.42 Å². The summed E-state index contributed by atoms with van der Waals surface area (Å²) in [5.41, 5.74) is 4.37. The van der Waals surface area contributed by atoms with E-state index in [0.29, 0.717) is 10.2 Å². The Morgan fingerprint density at radius 3 is 2.78 bits per heavy atom. The molecule has 0 saturated heterocycles. The van der Waals surface area contributed by atoms with Crippen molar-refractivity contribution < 1.29 is 13.6 Å². The normalized spacial score (nSPS) is 11.0. The molecule has 1 aromatic heterocycles. The van der Waals surface area contributed by atoms with Crippen molar-refractivity contribution in [2.45, 2.75) is 20.3 Å². The van der Waals surface area contributed by atoms with Crippen molar-refractivity contribution in [2.24, 2.45) is 0 Å². The van der Waals surface area contributed by atoms with Crippen LogP contribution in [0.2, 0.25) is 0 Å². The number of nitrogens with one attached hydrogen (secondary N) is 1. The zero-order valence-electron chi connectivity index (χ0n) is 12.7. The molecule has 3 nitrogen and oxygen atoms in total. The van der Waals surface area contributed by atoms with Crippen LogP contribution in [0.4, 0.5) is 10.1 Å². The molecule has 23 heavy (non-hydrogen) atoms. The lowest BCUT2D eigenvalue weighted by atomic mass is 10.0. The summed E-state index contributed by atoms with van der Waals surface area (Å²) in [7, 11) is 0. The third kappa shape index (κ3) is 3.29. The third-order valence-electron chi connectivity index (χ3n) is 3.65. The second kappa shape index (κ2) is 6.16. The van der Waals surface area contributed by atoms with Gasteiger partial charge in [0.1, 0.15) is 11.4 Å². The summed E-state index contributed by atoms with van der Waals surface area (Å²) in [6.45, 7) is 4.01. The molecule has 2 aromatic carbocycles. The van der Waals surface area contributed by atoms with Gasteiger partial charge in [-0.3, -0.25) is 4.79 Å². The highest BCUT2D eigenvalue weighted by atomic mass is 79.9. The van der Waals surface area contributed by atoms with Crippen molar-refractivity contribution in [1.29, 1.82) is 0 Å². The van der Waals surface area contributed by atoms with Gasteiger partial charge in [0.15, 0.2) is 0 Å². The highest BCUT2D eigenvalue weighted by Gasteiger charge is 2.14. The number of benzene rings is 2. The fourth-order valence-electron chi connectivity index (χ4n) is 2.71. The molecule has 0 unspecified atom stereocenters. The van der Waals surface area contributed by atoms with Gasteiger partial charge in [0, 0.05) is 15.4 Å². The molecule has 0 atom stereocenters. The number of anilines is 1. The monoisotopic (exact) mass is 375 g/mol. The number of halogens is 2. The predicted octanol–water partition coefficient (Wildman–Crippen LogP) is 5.13. The molecule has 3 rings (SSSR count). The molecule has 1 N–H and O–H groups in total. The van der Waals surface area contributed by atoms with E-state index in [1.807, 2.05) is 19.9 Å². The van der Waals surface area contributed by atoms with Gasteiger partial charge in [-0.15, -0.1) is 0 Å². The molecule has 0 aliphatic rings. The Labute approximate surface area is 141 Å². The summed E-state index contributed by atoms with van der Waals surface area (Å²) >= 11 is 3.24. The number of carbonyl (C=O) groups excluding carboxylic acids is 1. The van der Waals surface area contributed by atoms with Gasteiger partial charge in [0.05, 0.1) is 18.4 Å². The minimum atomic E-state index is -0.360.